The number of alkyl halides is 2. The summed E-state index contributed by atoms with van der Waals surface area (Å²) in [5.74, 6) is 0. The predicted octanol–water partition coefficient (Wildman–Crippen LogP) is -2.18. The molecular formula is C8H17INO-. The minimum absolute atomic E-state index is 0.202. The Bertz CT molecular complexity index is 117. The first kappa shape index (κ1) is 9.74. The second-order valence-corrected chi connectivity index (χ2v) is 7.20. The van der Waals surface area contributed by atoms with Crippen molar-refractivity contribution in [2.45, 2.75) is 30.4 Å². The van der Waals surface area contributed by atoms with Gasteiger partial charge in [-0.1, -0.05) is 0 Å². The molecule has 1 N–H and O–H groups in total. The number of hydrogen-bond acceptors (Lipinski definition) is 2. The zero-order valence-electron chi connectivity index (χ0n) is 7.48. The molecule has 0 aromatic rings. The number of hydrogen-bond donors (Lipinski definition) is 1. The van der Waals surface area contributed by atoms with Crippen LogP contribution in [0.3, 0.4) is 0 Å². The molecule has 0 aromatic carbocycles. The Morgan fingerprint density at radius 1 is 1.64 bits per heavy atom. The summed E-state index contributed by atoms with van der Waals surface area (Å²) in [4.78, 5) is 0. The van der Waals surface area contributed by atoms with Crippen LogP contribution in [0.2, 0.25) is 0 Å². The van der Waals surface area contributed by atoms with Gasteiger partial charge in [0, 0.05) is 0 Å². The van der Waals surface area contributed by atoms with E-state index in [9.17, 15) is 0 Å². The van der Waals surface area contributed by atoms with Crippen molar-refractivity contribution in [3.8, 4) is 0 Å². The molecule has 1 atom stereocenters. The summed E-state index contributed by atoms with van der Waals surface area (Å²) in [6.07, 6.45) is 0. The summed E-state index contributed by atoms with van der Waals surface area (Å²) < 4.78 is 7.61. The Labute approximate surface area is 79.3 Å². The van der Waals surface area contributed by atoms with Crippen LogP contribution in [0.1, 0.15) is 20.8 Å². The van der Waals surface area contributed by atoms with Crippen molar-refractivity contribution < 1.29 is 25.9 Å². The number of ether oxygens (including phenoxy) is 1. The molecule has 1 saturated heterocycles. The Balaban J connectivity index is 2.25. The maximum atomic E-state index is 5.72. The molecule has 0 saturated carbocycles. The third-order valence-electron chi connectivity index (χ3n) is 1.69. The van der Waals surface area contributed by atoms with Gasteiger partial charge in [0.1, 0.15) is 0 Å². The summed E-state index contributed by atoms with van der Waals surface area (Å²) in [7, 11) is 0. The molecule has 0 spiro atoms. The molecule has 1 unspecified atom stereocenters. The number of halogens is 1. The average Bonchev–Trinajstić information content (AvgIpc) is 1.94. The van der Waals surface area contributed by atoms with Crippen LogP contribution in [0.15, 0.2) is 0 Å². The summed E-state index contributed by atoms with van der Waals surface area (Å²) in [5.41, 5.74) is 0.202. The SMILES string of the molecule is CC[I-]C1CNC(C)(C)CO1. The first-order valence-electron chi connectivity index (χ1n) is 4.08. The van der Waals surface area contributed by atoms with Crippen molar-refractivity contribution in [2.24, 2.45) is 0 Å². The van der Waals surface area contributed by atoms with Gasteiger partial charge in [-0.15, -0.1) is 0 Å². The molecule has 68 valence electrons. The van der Waals surface area contributed by atoms with Crippen LogP contribution in [0.4, 0.5) is 0 Å². The fourth-order valence-electron chi connectivity index (χ4n) is 1.04. The van der Waals surface area contributed by atoms with Gasteiger partial charge < -0.3 is 0 Å². The topological polar surface area (TPSA) is 21.3 Å². The van der Waals surface area contributed by atoms with Crippen molar-refractivity contribution in [3.05, 3.63) is 0 Å². The van der Waals surface area contributed by atoms with Crippen LogP contribution in [-0.4, -0.2) is 27.2 Å². The molecule has 3 heteroatoms. The van der Waals surface area contributed by atoms with Gasteiger partial charge in [-0.3, -0.25) is 0 Å². The second kappa shape index (κ2) is 4.05. The van der Waals surface area contributed by atoms with Crippen LogP contribution >= 0.6 is 0 Å². The number of nitrogens with one attached hydrogen (secondary N) is 1. The van der Waals surface area contributed by atoms with Gasteiger partial charge in [0.15, 0.2) is 0 Å². The first-order valence-corrected chi connectivity index (χ1v) is 6.85. The van der Waals surface area contributed by atoms with E-state index in [1.807, 2.05) is 0 Å². The Morgan fingerprint density at radius 3 is 2.82 bits per heavy atom. The monoisotopic (exact) mass is 270 g/mol. The van der Waals surface area contributed by atoms with Gasteiger partial charge in [0.2, 0.25) is 0 Å². The zero-order valence-corrected chi connectivity index (χ0v) is 9.64. The molecule has 0 amide bonds. The van der Waals surface area contributed by atoms with E-state index in [4.69, 9.17) is 4.74 Å². The molecule has 0 radical (unpaired) electrons. The van der Waals surface area contributed by atoms with E-state index in [0.717, 1.165) is 13.2 Å². The van der Waals surface area contributed by atoms with Gasteiger partial charge in [0.05, 0.1) is 0 Å². The van der Waals surface area contributed by atoms with Gasteiger partial charge in [-0.2, -0.15) is 0 Å². The molecule has 0 aromatic heterocycles. The quantitative estimate of drug-likeness (QED) is 0.455. The van der Waals surface area contributed by atoms with E-state index in [-0.39, 0.29) is 26.7 Å². The Kier molecular flexibility index (Phi) is 3.58. The van der Waals surface area contributed by atoms with Crippen LogP contribution in [0.25, 0.3) is 0 Å². The van der Waals surface area contributed by atoms with Crippen LogP contribution in [0, 0.1) is 0 Å². The molecule has 0 aliphatic carbocycles. The van der Waals surface area contributed by atoms with Crippen molar-refractivity contribution in [1.29, 1.82) is 0 Å². The van der Waals surface area contributed by atoms with E-state index in [0.29, 0.717) is 4.11 Å². The van der Waals surface area contributed by atoms with Crippen molar-refractivity contribution >= 4 is 0 Å². The molecule has 1 heterocycles. The molecule has 1 fully saturated rings. The summed E-state index contributed by atoms with van der Waals surface area (Å²) in [6, 6.07) is 0. The van der Waals surface area contributed by atoms with Gasteiger partial charge in [-0.25, -0.2) is 0 Å². The number of morpholine rings is 1. The van der Waals surface area contributed by atoms with Gasteiger partial charge in [0.25, 0.3) is 0 Å². The summed E-state index contributed by atoms with van der Waals surface area (Å²) >= 11 is 0.280. The van der Waals surface area contributed by atoms with Crippen LogP contribution in [-0.2, 0) is 4.74 Å². The molecule has 0 bridgehead atoms. The normalized spacial score (nSPS) is 30.6. The van der Waals surface area contributed by atoms with E-state index in [1.165, 1.54) is 4.43 Å². The maximum absolute atomic E-state index is 5.72. The average molecular weight is 270 g/mol. The predicted molar refractivity (Wildman–Crippen MR) is 42.4 cm³/mol. The molecule has 1 rings (SSSR count). The van der Waals surface area contributed by atoms with E-state index in [1.54, 1.807) is 0 Å². The van der Waals surface area contributed by atoms with Crippen molar-refractivity contribution in [2.75, 3.05) is 17.6 Å². The molecule has 1 aliphatic heterocycles. The molecule has 11 heavy (non-hydrogen) atoms. The third kappa shape index (κ3) is 3.25. The van der Waals surface area contributed by atoms with Crippen molar-refractivity contribution in [3.63, 3.8) is 0 Å². The van der Waals surface area contributed by atoms with E-state index >= 15 is 0 Å². The zero-order chi connectivity index (χ0) is 8.32. The standard InChI is InChI=1S/C8H17INO/c1-4-9-7-5-10-8(2,3)6-11-7/h7,10H,4-6H2,1-3H3/q-1. The first-order chi connectivity index (χ1) is 5.14. The fraction of sp³-hybridized carbons (Fsp3) is 1.00. The molecule has 2 nitrogen and oxygen atoms in total. The second-order valence-electron chi connectivity index (χ2n) is 3.41. The fourth-order valence-corrected chi connectivity index (χ4v) is 2.98. The number of rotatable bonds is 2. The van der Waals surface area contributed by atoms with Crippen LogP contribution < -0.4 is 26.5 Å². The van der Waals surface area contributed by atoms with Crippen LogP contribution in [0.5, 0.6) is 0 Å². The van der Waals surface area contributed by atoms with E-state index in [2.05, 4.69) is 26.1 Å². The summed E-state index contributed by atoms with van der Waals surface area (Å²) in [5, 5.41) is 3.50. The Morgan fingerprint density at radius 2 is 2.36 bits per heavy atom. The van der Waals surface area contributed by atoms with Gasteiger partial charge >= 0.3 is 79.3 Å². The molecule has 1 aliphatic rings. The summed E-state index contributed by atoms with van der Waals surface area (Å²) in [6.45, 7) is 8.56. The minimum atomic E-state index is 0.202. The third-order valence-corrected chi connectivity index (χ3v) is 4.36. The van der Waals surface area contributed by atoms with Gasteiger partial charge in [-0.05, 0) is 0 Å². The van der Waals surface area contributed by atoms with Crippen molar-refractivity contribution in [1.82, 2.24) is 5.32 Å². The van der Waals surface area contributed by atoms with E-state index < -0.39 is 0 Å². The Hall–Kier alpha value is 0.650. The molecular weight excluding hydrogens is 253 g/mol.